The fourth-order valence-corrected chi connectivity index (χ4v) is 15.1. The Morgan fingerprint density at radius 2 is 0.760 bits per heavy atom. The van der Waals surface area contributed by atoms with E-state index >= 15 is 0 Å². The van der Waals surface area contributed by atoms with Crippen LogP contribution in [-0.2, 0) is 6.54 Å². The molecule has 0 saturated carbocycles. The predicted molar refractivity (Wildman–Crippen MR) is 418 cm³/mol. The van der Waals surface area contributed by atoms with Crippen LogP contribution in [0, 0.1) is 11.8 Å². The zero-order valence-corrected chi connectivity index (χ0v) is 60.9. The Labute approximate surface area is 582 Å². The molecule has 0 spiro atoms. The van der Waals surface area contributed by atoms with Crippen molar-refractivity contribution in [1.82, 2.24) is 9.55 Å². The number of fused-ring (bicyclic) bond motifs is 7. The molecule has 5 heteroatoms. The van der Waals surface area contributed by atoms with Gasteiger partial charge in [0.1, 0.15) is 23.1 Å². The van der Waals surface area contributed by atoms with Crippen molar-refractivity contribution in [2.75, 3.05) is 19.8 Å². The summed E-state index contributed by atoms with van der Waals surface area (Å²) in [7, 11) is 0. The molecule has 1 heterocycles. The summed E-state index contributed by atoms with van der Waals surface area (Å²) in [5, 5.41) is 7.30. The van der Waals surface area contributed by atoms with Gasteiger partial charge in [0.05, 0.1) is 36.4 Å². The third-order valence-electron chi connectivity index (χ3n) is 20.8. The van der Waals surface area contributed by atoms with Gasteiger partial charge in [0.2, 0.25) is 0 Å². The lowest BCUT2D eigenvalue weighted by atomic mass is 9.92. The zero-order chi connectivity index (χ0) is 66.8. The Bertz CT molecular complexity index is 3660. The van der Waals surface area contributed by atoms with Gasteiger partial charge < -0.3 is 18.8 Å². The third-order valence-corrected chi connectivity index (χ3v) is 20.8. The Kier molecular flexibility index (Phi) is 31.9. The lowest BCUT2D eigenvalue weighted by molar-refractivity contribution is 0.225. The molecule has 0 aliphatic rings. The molecule has 8 aromatic carbocycles. The van der Waals surface area contributed by atoms with Gasteiger partial charge in [-0.3, -0.25) is 0 Å². The SMILES string of the molecule is CCCCCCCCOc1cc(-c2ccc3c4ccc(-c5ccccc5)cc4c4c(nc(-c5c(OCC(CCCCCC)CCCCCCCC)ccc6ccccc56)n4CC(CCCCCC)CCCCCCCC)c3c2)c(OCCCCCCCC)cc1-c1ccccc1. The summed E-state index contributed by atoms with van der Waals surface area (Å²) >= 11 is 0. The monoisotopic (exact) mass is 1290 g/mol. The molecule has 96 heavy (non-hydrogen) atoms. The maximum atomic E-state index is 7.51. The molecule has 5 nitrogen and oxygen atoms in total. The topological polar surface area (TPSA) is 45.5 Å². The Morgan fingerprint density at radius 3 is 1.31 bits per heavy atom. The molecule has 0 N–H and O–H groups in total. The second kappa shape index (κ2) is 41.6. The average molecular weight is 1290 g/mol. The Morgan fingerprint density at radius 1 is 0.323 bits per heavy atom. The number of rotatable bonds is 49. The van der Waals surface area contributed by atoms with Crippen molar-refractivity contribution < 1.29 is 14.2 Å². The molecule has 0 aliphatic carbocycles. The maximum absolute atomic E-state index is 7.51. The normalized spacial score (nSPS) is 12.4. The third kappa shape index (κ3) is 21.5. The molecular weight excluding hydrogens is 1170 g/mol. The van der Waals surface area contributed by atoms with Crippen LogP contribution < -0.4 is 14.2 Å². The van der Waals surface area contributed by atoms with Crippen molar-refractivity contribution in [1.29, 1.82) is 0 Å². The molecule has 0 aliphatic heterocycles. The van der Waals surface area contributed by atoms with Gasteiger partial charge in [-0.25, -0.2) is 4.98 Å². The van der Waals surface area contributed by atoms with E-state index < -0.39 is 0 Å². The van der Waals surface area contributed by atoms with E-state index in [0.717, 1.165) is 87.8 Å². The average Bonchev–Trinajstić information content (AvgIpc) is 1.69. The standard InChI is InChI=1S/C91H124N2O3/c1-7-13-19-25-29-37-48-71(47-35-23-17-11-5)69-93-90-84-65-76(73-51-39-33-40-52-73)57-60-80(84)79-61-58-77(82-68-86(94-63-45-31-27-21-15-9-3)81(74-53-41-34-42-54-74)67-87(82)95-64-46-32-28-22-16-10-4)66-83(79)89(90)92-91(93)88-78-56-44-43-55-75(78)59-62-85(88)96-70-72(49-36-24-18-12-6)50-38-30-26-20-14-8-2/h33-34,39-44,51-62,65-68,71-72H,7-32,35-38,45-50,63-64,69-70H2,1-6H3. The molecule has 0 amide bonds. The number of imidazole rings is 1. The van der Waals surface area contributed by atoms with Crippen molar-refractivity contribution in [3.63, 3.8) is 0 Å². The van der Waals surface area contributed by atoms with Crippen molar-refractivity contribution in [2.24, 2.45) is 11.8 Å². The number of hydrogen-bond donors (Lipinski definition) is 0. The lowest BCUT2D eigenvalue weighted by Gasteiger charge is -2.23. The minimum Gasteiger partial charge on any atom is -0.493 e. The molecule has 0 fully saturated rings. The van der Waals surface area contributed by atoms with Gasteiger partial charge in [-0.1, -0.05) is 349 Å². The summed E-state index contributed by atoms with van der Waals surface area (Å²) in [5.41, 5.74) is 10.3. The molecule has 516 valence electrons. The summed E-state index contributed by atoms with van der Waals surface area (Å²) in [5.74, 6) is 4.78. The summed E-state index contributed by atoms with van der Waals surface area (Å²) < 4.78 is 24.4. The van der Waals surface area contributed by atoms with Crippen LogP contribution in [0.2, 0.25) is 0 Å². The van der Waals surface area contributed by atoms with Gasteiger partial charge in [-0.05, 0) is 124 Å². The number of nitrogens with zero attached hydrogens (tertiary/aromatic N) is 2. The Balaban J connectivity index is 1.28. The summed E-state index contributed by atoms with van der Waals surface area (Å²) in [6, 6.07) is 54.7. The van der Waals surface area contributed by atoms with E-state index in [2.05, 4.69) is 192 Å². The maximum Gasteiger partial charge on any atom is 0.145 e. The number of unbranched alkanes of at least 4 members (excludes halogenated alkanes) is 26. The fraction of sp³-hybridized carbons (Fsp3) is 0.527. The first-order valence-electron chi connectivity index (χ1n) is 39.6. The zero-order valence-electron chi connectivity index (χ0n) is 60.9. The first-order valence-corrected chi connectivity index (χ1v) is 39.6. The number of ether oxygens (including phenoxy) is 3. The second-order valence-corrected chi connectivity index (χ2v) is 28.6. The van der Waals surface area contributed by atoms with E-state index in [1.165, 1.54) is 262 Å². The van der Waals surface area contributed by atoms with E-state index in [0.29, 0.717) is 25.0 Å². The minimum atomic E-state index is 0.479. The highest BCUT2D eigenvalue weighted by Gasteiger charge is 2.27. The van der Waals surface area contributed by atoms with E-state index in [9.17, 15) is 0 Å². The number of hydrogen-bond acceptors (Lipinski definition) is 4. The number of aromatic nitrogens is 2. The van der Waals surface area contributed by atoms with Gasteiger partial charge in [-0.2, -0.15) is 0 Å². The van der Waals surface area contributed by atoms with Crippen molar-refractivity contribution >= 4 is 43.4 Å². The summed E-state index contributed by atoms with van der Waals surface area (Å²) in [6.45, 7) is 16.9. The van der Waals surface area contributed by atoms with Crippen LogP contribution in [0.4, 0.5) is 0 Å². The molecule has 2 unspecified atom stereocenters. The largest absolute Gasteiger partial charge is 0.493 e. The van der Waals surface area contributed by atoms with Crippen LogP contribution in [0.15, 0.2) is 146 Å². The molecule has 9 rings (SSSR count). The quantitative estimate of drug-likeness (QED) is 0.0282. The van der Waals surface area contributed by atoms with Crippen molar-refractivity contribution in [3.05, 3.63) is 146 Å². The van der Waals surface area contributed by atoms with Crippen molar-refractivity contribution in [2.45, 2.75) is 279 Å². The van der Waals surface area contributed by atoms with Crippen molar-refractivity contribution in [3.8, 4) is 62.0 Å². The van der Waals surface area contributed by atoms with Crippen LogP contribution in [0.3, 0.4) is 0 Å². The van der Waals surface area contributed by atoms with Crippen LogP contribution in [-0.4, -0.2) is 29.4 Å². The highest BCUT2D eigenvalue weighted by atomic mass is 16.5. The fourth-order valence-electron chi connectivity index (χ4n) is 15.1. The highest BCUT2D eigenvalue weighted by molar-refractivity contribution is 6.25. The number of benzene rings is 8. The first-order chi connectivity index (χ1) is 47.5. The Hall–Kier alpha value is -6.59. The molecule has 2 atom stereocenters. The van der Waals surface area contributed by atoms with Crippen LogP contribution >= 0.6 is 0 Å². The van der Waals surface area contributed by atoms with Crippen LogP contribution in [0.25, 0.3) is 88.1 Å². The molecule has 0 bridgehead atoms. The van der Waals surface area contributed by atoms with E-state index in [1.54, 1.807) is 0 Å². The second-order valence-electron chi connectivity index (χ2n) is 28.6. The van der Waals surface area contributed by atoms with Crippen LogP contribution in [0.5, 0.6) is 17.2 Å². The van der Waals surface area contributed by atoms with E-state index in [1.807, 2.05) is 0 Å². The highest BCUT2D eigenvalue weighted by Crippen LogP contribution is 2.47. The molecule has 0 saturated heterocycles. The first kappa shape index (κ1) is 73.7. The molecule has 1 aromatic heterocycles. The predicted octanol–water partition coefficient (Wildman–Crippen LogP) is 28.7. The van der Waals surface area contributed by atoms with Gasteiger partial charge in [-0.15, -0.1) is 0 Å². The molecule has 9 aromatic rings. The van der Waals surface area contributed by atoms with Gasteiger partial charge >= 0.3 is 0 Å². The minimum absolute atomic E-state index is 0.479. The smallest absolute Gasteiger partial charge is 0.145 e. The summed E-state index contributed by atoms with van der Waals surface area (Å²) in [6.07, 6.45) is 45.2. The van der Waals surface area contributed by atoms with Gasteiger partial charge in [0.15, 0.2) is 0 Å². The van der Waals surface area contributed by atoms with E-state index in [-0.39, 0.29) is 0 Å². The summed E-state index contributed by atoms with van der Waals surface area (Å²) in [4.78, 5) is 6.27. The molecule has 0 radical (unpaired) electrons. The molecular formula is C91H124N2O3. The van der Waals surface area contributed by atoms with Crippen LogP contribution in [0.1, 0.15) is 273 Å². The van der Waals surface area contributed by atoms with Gasteiger partial charge in [0.25, 0.3) is 0 Å². The van der Waals surface area contributed by atoms with E-state index in [4.69, 9.17) is 19.2 Å². The lowest BCUT2D eigenvalue weighted by Crippen LogP contribution is -2.15. The van der Waals surface area contributed by atoms with Gasteiger partial charge in [0, 0.05) is 28.4 Å².